The summed E-state index contributed by atoms with van der Waals surface area (Å²) >= 11 is 0. The predicted molar refractivity (Wildman–Crippen MR) is 147 cm³/mol. The van der Waals surface area contributed by atoms with E-state index in [0.29, 0.717) is 40.6 Å². The molecule has 0 spiro atoms. The van der Waals surface area contributed by atoms with Crippen molar-refractivity contribution in [1.29, 1.82) is 0 Å². The molecule has 1 N–H and O–H groups in total. The number of rotatable bonds is 3. The maximum absolute atomic E-state index is 14.6. The van der Waals surface area contributed by atoms with Crippen LogP contribution in [0.3, 0.4) is 0 Å². The molecule has 39 heavy (non-hydrogen) atoms. The minimum Gasteiger partial charge on any atom is -0.444 e. The van der Waals surface area contributed by atoms with Gasteiger partial charge >= 0.3 is 6.09 Å². The van der Waals surface area contributed by atoms with Gasteiger partial charge in [0.15, 0.2) is 5.82 Å². The van der Waals surface area contributed by atoms with Crippen LogP contribution in [0, 0.1) is 5.82 Å². The second-order valence-corrected chi connectivity index (χ2v) is 11.1. The molecule has 3 heterocycles. The van der Waals surface area contributed by atoms with Gasteiger partial charge in [0, 0.05) is 54.7 Å². The van der Waals surface area contributed by atoms with Crippen molar-refractivity contribution in [3.8, 4) is 0 Å². The van der Waals surface area contributed by atoms with Crippen LogP contribution in [0.5, 0.6) is 0 Å². The summed E-state index contributed by atoms with van der Waals surface area (Å²) in [7, 11) is 1.71. The number of benzene rings is 2. The SMILES string of the molecule is C[C@@H]1CN(c2ccc(C(=O)Nc3cc(F)c4nn(C)cc4c3)c3ncncc23)C[C@H](C)N1C(=O)OC(C)(C)C. The zero-order valence-electron chi connectivity index (χ0n) is 22.9. The molecule has 1 aliphatic heterocycles. The number of hydrogen-bond acceptors (Lipinski definition) is 7. The Morgan fingerprint density at radius 2 is 1.82 bits per heavy atom. The molecule has 1 saturated heterocycles. The number of nitrogens with one attached hydrogen (secondary N) is 1. The van der Waals surface area contributed by atoms with Crippen molar-refractivity contribution in [2.45, 2.75) is 52.3 Å². The molecule has 11 heteroatoms. The van der Waals surface area contributed by atoms with E-state index >= 15 is 0 Å². The lowest BCUT2D eigenvalue weighted by molar-refractivity contribution is 0.00567. The van der Waals surface area contributed by atoms with Crippen molar-refractivity contribution in [2.24, 2.45) is 7.05 Å². The smallest absolute Gasteiger partial charge is 0.410 e. The molecule has 2 aromatic carbocycles. The van der Waals surface area contributed by atoms with Crippen molar-refractivity contribution >= 4 is 45.2 Å². The number of piperazine rings is 1. The van der Waals surface area contributed by atoms with Crippen molar-refractivity contribution < 1.29 is 18.7 Å². The molecule has 1 fully saturated rings. The average molecular weight is 534 g/mol. The lowest BCUT2D eigenvalue weighted by atomic mass is 10.0. The van der Waals surface area contributed by atoms with Gasteiger partial charge in [0.05, 0.1) is 23.2 Å². The molecular weight excluding hydrogens is 501 g/mol. The van der Waals surface area contributed by atoms with E-state index in [4.69, 9.17) is 4.74 Å². The Bertz CT molecular complexity index is 1570. The zero-order valence-corrected chi connectivity index (χ0v) is 22.9. The van der Waals surface area contributed by atoms with Crippen LogP contribution in [0.25, 0.3) is 21.8 Å². The molecule has 0 aliphatic carbocycles. The Morgan fingerprint density at radius 1 is 1.10 bits per heavy atom. The van der Waals surface area contributed by atoms with Gasteiger partial charge in [-0.05, 0) is 58.9 Å². The van der Waals surface area contributed by atoms with Gasteiger partial charge in [0.25, 0.3) is 5.91 Å². The van der Waals surface area contributed by atoms with Gasteiger partial charge in [-0.3, -0.25) is 14.4 Å². The molecule has 2 amide bonds. The van der Waals surface area contributed by atoms with Gasteiger partial charge in [-0.1, -0.05) is 0 Å². The maximum Gasteiger partial charge on any atom is 0.410 e. The first-order chi connectivity index (χ1) is 18.4. The molecular formula is C28H32FN7O3. The Morgan fingerprint density at radius 3 is 2.51 bits per heavy atom. The topological polar surface area (TPSA) is 105 Å². The van der Waals surface area contributed by atoms with Gasteiger partial charge < -0.3 is 15.0 Å². The van der Waals surface area contributed by atoms with Crippen LogP contribution in [0.15, 0.2) is 43.0 Å². The fourth-order valence-electron chi connectivity index (χ4n) is 5.20. The first-order valence-corrected chi connectivity index (χ1v) is 12.8. The van der Waals surface area contributed by atoms with E-state index in [9.17, 15) is 14.0 Å². The second kappa shape index (κ2) is 9.79. The summed E-state index contributed by atoms with van der Waals surface area (Å²) in [6, 6.07) is 6.31. The van der Waals surface area contributed by atoms with Gasteiger partial charge in [-0.2, -0.15) is 5.10 Å². The molecule has 0 saturated carbocycles. The lowest BCUT2D eigenvalue weighted by Crippen LogP contribution is -2.59. The molecule has 0 unspecified atom stereocenters. The highest BCUT2D eigenvalue weighted by molar-refractivity contribution is 6.14. The summed E-state index contributed by atoms with van der Waals surface area (Å²) < 4.78 is 21.7. The quantitative estimate of drug-likeness (QED) is 0.405. The van der Waals surface area contributed by atoms with Crippen molar-refractivity contribution in [3.05, 3.63) is 54.4 Å². The lowest BCUT2D eigenvalue weighted by Gasteiger charge is -2.45. The van der Waals surface area contributed by atoms with E-state index in [1.807, 2.05) is 40.7 Å². The monoisotopic (exact) mass is 533 g/mol. The molecule has 0 bridgehead atoms. The number of aromatic nitrogens is 4. The van der Waals surface area contributed by atoms with Crippen molar-refractivity contribution in [1.82, 2.24) is 24.6 Å². The highest BCUT2D eigenvalue weighted by Crippen LogP contribution is 2.32. The molecule has 2 atom stereocenters. The van der Waals surface area contributed by atoms with Crippen LogP contribution in [-0.2, 0) is 11.8 Å². The Hall–Kier alpha value is -4.28. The molecule has 5 rings (SSSR count). The van der Waals surface area contributed by atoms with Crippen LogP contribution in [0.1, 0.15) is 45.0 Å². The fourth-order valence-corrected chi connectivity index (χ4v) is 5.20. The molecule has 1 aliphatic rings. The minimum absolute atomic E-state index is 0.108. The molecule has 10 nitrogen and oxygen atoms in total. The number of ether oxygens (including phenoxy) is 1. The van der Waals surface area contributed by atoms with E-state index in [0.717, 1.165) is 5.69 Å². The number of nitrogens with zero attached hydrogens (tertiary/aromatic N) is 6. The number of carbonyl (C=O) groups excluding carboxylic acids is 2. The molecule has 204 valence electrons. The Kier molecular flexibility index (Phi) is 6.61. The normalized spacial score (nSPS) is 18.0. The number of hydrogen-bond donors (Lipinski definition) is 1. The van der Waals surface area contributed by atoms with Crippen molar-refractivity contribution in [2.75, 3.05) is 23.3 Å². The first-order valence-electron chi connectivity index (χ1n) is 12.8. The summed E-state index contributed by atoms with van der Waals surface area (Å²) in [6.07, 6.45) is 4.44. The van der Waals surface area contributed by atoms with E-state index in [-0.39, 0.29) is 23.7 Å². The van der Waals surface area contributed by atoms with Gasteiger partial charge in [-0.25, -0.2) is 19.2 Å². The largest absolute Gasteiger partial charge is 0.444 e. The van der Waals surface area contributed by atoms with Gasteiger partial charge in [0.2, 0.25) is 0 Å². The first kappa shape index (κ1) is 26.3. The molecule has 4 aromatic rings. The van der Waals surface area contributed by atoms with Crippen molar-refractivity contribution in [3.63, 3.8) is 0 Å². The maximum atomic E-state index is 14.6. The zero-order chi connectivity index (χ0) is 28.1. The van der Waals surface area contributed by atoms with Crippen LogP contribution >= 0.6 is 0 Å². The third-order valence-electron chi connectivity index (χ3n) is 6.69. The minimum atomic E-state index is -0.576. The number of halogens is 1. The van der Waals surface area contributed by atoms with Crippen LogP contribution in [0.2, 0.25) is 0 Å². The highest BCUT2D eigenvalue weighted by atomic mass is 19.1. The molecule has 0 radical (unpaired) electrons. The third-order valence-corrected chi connectivity index (χ3v) is 6.69. The summed E-state index contributed by atoms with van der Waals surface area (Å²) in [5, 5.41) is 8.20. The van der Waals surface area contributed by atoms with Gasteiger partial charge in [0.1, 0.15) is 17.4 Å². The fraction of sp³-hybridized carbons (Fsp3) is 0.393. The van der Waals surface area contributed by atoms with E-state index in [1.165, 1.54) is 17.1 Å². The number of fused-ring (bicyclic) bond motifs is 2. The number of amides is 2. The van der Waals surface area contributed by atoms with Crippen LogP contribution < -0.4 is 10.2 Å². The number of aryl methyl sites for hydroxylation is 1. The van der Waals surface area contributed by atoms with E-state index in [2.05, 4.69) is 25.3 Å². The number of carbonyl (C=O) groups is 2. The Balaban J connectivity index is 1.42. The Labute approximate surface area is 225 Å². The summed E-state index contributed by atoms with van der Waals surface area (Å²) in [4.78, 5) is 38.7. The van der Waals surface area contributed by atoms with E-state index in [1.54, 1.807) is 36.5 Å². The summed E-state index contributed by atoms with van der Waals surface area (Å²) in [5.74, 6) is -0.927. The average Bonchev–Trinajstić information content (AvgIpc) is 3.22. The second-order valence-electron chi connectivity index (χ2n) is 11.1. The summed E-state index contributed by atoms with van der Waals surface area (Å²) in [6.45, 7) is 10.7. The standard InChI is InChI=1S/C28H32FN7O3/c1-16-12-35(13-17(2)36(16)27(38)39-28(3,4)5)23-8-7-20(25-21(23)11-30-15-31-25)26(37)32-19-9-18-14-34(6)33-24(18)22(29)10-19/h7-11,14-17H,12-13H2,1-6H3,(H,32,37)/t16-,17+. The summed E-state index contributed by atoms with van der Waals surface area (Å²) in [5.41, 5.74) is 1.69. The van der Waals surface area contributed by atoms with Crippen LogP contribution in [-0.4, -0.2) is 67.4 Å². The number of anilines is 2. The third kappa shape index (κ3) is 5.21. The van der Waals surface area contributed by atoms with Gasteiger partial charge in [-0.15, -0.1) is 0 Å². The van der Waals surface area contributed by atoms with Crippen LogP contribution in [0.4, 0.5) is 20.6 Å². The van der Waals surface area contributed by atoms with E-state index < -0.39 is 17.3 Å². The highest BCUT2D eigenvalue weighted by Gasteiger charge is 2.36. The molecule has 2 aromatic heterocycles. The predicted octanol–water partition coefficient (Wildman–Crippen LogP) is 4.74.